The van der Waals surface area contributed by atoms with Crippen LogP contribution in [0.15, 0.2) is 53.4 Å². The molecule has 0 saturated carbocycles. The average Bonchev–Trinajstić information content (AvgIpc) is 2.67. The van der Waals surface area contributed by atoms with E-state index in [4.69, 9.17) is 27.9 Å². The molecular formula is C19H22Cl2N2O4S. The maximum Gasteiger partial charge on any atom is 0.242 e. The molecule has 1 amide bonds. The van der Waals surface area contributed by atoms with Crippen LogP contribution in [-0.4, -0.2) is 40.6 Å². The number of halogens is 2. The van der Waals surface area contributed by atoms with Gasteiger partial charge >= 0.3 is 0 Å². The van der Waals surface area contributed by atoms with Gasteiger partial charge in [0.05, 0.1) is 5.02 Å². The van der Waals surface area contributed by atoms with E-state index in [1.807, 2.05) is 30.3 Å². The molecule has 6 nitrogen and oxygen atoms in total. The monoisotopic (exact) mass is 444 g/mol. The third-order valence-corrected chi connectivity index (χ3v) is 6.09. The molecule has 28 heavy (non-hydrogen) atoms. The molecule has 152 valence electrons. The number of carbonyl (C=O) groups is 1. The second-order valence-corrected chi connectivity index (χ2v) is 8.60. The second-order valence-electron chi connectivity index (χ2n) is 6.08. The van der Waals surface area contributed by atoms with Crippen LogP contribution in [0.5, 0.6) is 0 Å². The van der Waals surface area contributed by atoms with Crippen LogP contribution in [0.25, 0.3) is 0 Å². The molecule has 1 atom stereocenters. The second kappa shape index (κ2) is 10.8. The first-order chi connectivity index (χ1) is 13.3. The van der Waals surface area contributed by atoms with E-state index in [-0.39, 0.29) is 21.4 Å². The highest BCUT2D eigenvalue weighted by molar-refractivity contribution is 7.89. The van der Waals surface area contributed by atoms with Crippen LogP contribution in [0.4, 0.5) is 0 Å². The molecule has 2 N–H and O–H groups in total. The van der Waals surface area contributed by atoms with Crippen LogP contribution >= 0.6 is 23.2 Å². The molecule has 0 aliphatic carbocycles. The zero-order chi connectivity index (χ0) is 20.6. The summed E-state index contributed by atoms with van der Waals surface area (Å²) in [6.07, 6.45) is 0.807. The molecule has 0 spiro atoms. The molecule has 2 rings (SSSR count). The number of sulfonamides is 1. The van der Waals surface area contributed by atoms with E-state index in [1.165, 1.54) is 18.2 Å². The average molecular weight is 445 g/mol. The molecule has 0 radical (unpaired) electrons. The number of amides is 1. The van der Waals surface area contributed by atoms with Gasteiger partial charge in [-0.05, 0) is 36.6 Å². The van der Waals surface area contributed by atoms with Crippen LogP contribution in [0.3, 0.4) is 0 Å². The van der Waals surface area contributed by atoms with Gasteiger partial charge in [-0.15, -0.1) is 0 Å². The molecule has 2 aromatic carbocycles. The standard InChI is InChI=1S/C19H22Cl2N2O4S/c1-27-11-5-10-22-19(24)17(12-14-6-3-2-4-7-14)23-28(25,26)18-13-15(20)8-9-16(18)21/h2-4,6-9,13,17,23H,5,10-12H2,1H3,(H,22,24)/t17-/m0/s1. The van der Waals surface area contributed by atoms with Crippen molar-refractivity contribution in [2.75, 3.05) is 20.3 Å². The van der Waals surface area contributed by atoms with Crippen molar-refractivity contribution in [3.05, 3.63) is 64.1 Å². The van der Waals surface area contributed by atoms with Crippen molar-refractivity contribution in [2.24, 2.45) is 0 Å². The normalized spacial score (nSPS) is 12.5. The lowest BCUT2D eigenvalue weighted by Crippen LogP contribution is -2.48. The Bertz CT molecular complexity index is 892. The maximum atomic E-state index is 12.8. The van der Waals surface area contributed by atoms with Gasteiger partial charge in [-0.3, -0.25) is 4.79 Å². The molecular weight excluding hydrogens is 423 g/mol. The minimum Gasteiger partial charge on any atom is -0.385 e. The zero-order valence-corrected chi connectivity index (χ0v) is 17.7. The van der Waals surface area contributed by atoms with Crippen LogP contribution in [0, 0.1) is 0 Å². The van der Waals surface area contributed by atoms with Crippen molar-refractivity contribution in [3.8, 4) is 0 Å². The lowest BCUT2D eigenvalue weighted by atomic mass is 10.1. The summed E-state index contributed by atoms with van der Waals surface area (Å²) >= 11 is 11.9. The fourth-order valence-corrected chi connectivity index (χ4v) is 4.48. The van der Waals surface area contributed by atoms with Gasteiger partial charge in [0.25, 0.3) is 0 Å². The predicted molar refractivity (Wildman–Crippen MR) is 110 cm³/mol. The Hall–Kier alpha value is -1.64. The Morgan fingerprint density at radius 3 is 2.54 bits per heavy atom. The molecule has 0 heterocycles. The molecule has 0 bridgehead atoms. The van der Waals surface area contributed by atoms with Crippen LogP contribution in [0.2, 0.25) is 10.0 Å². The van der Waals surface area contributed by atoms with Crippen molar-refractivity contribution in [1.29, 1.82) is 0 Å². The number of hydrogen-bond donors (Lipinski definition) is 2. The Labute approximate surface area is 175 Å². The Kier molecular flexibility index (Phi) is 8.72. The van der Waals surface area contributed by atoms with Gasteiger partial charge in [0.1, 0.15) is 10.9 Å². The maximum absolute atomic E-state index is 12.8. The van der Waals surface area contributed by atoms with E-state index >= 15 is 0 Å². The quantitative estimate of drug-likeness (QED) is 0.551. The third-order valence-electron chi connectivity index (χ3n) is 3.90. The molecule has 0 aliphatic rings. The van der Waals surface area contributed by atoms with E-state index in [0.717, 1.165) is 5.56 Å². The Balaban J connectivity index is 2.22. The topological polar surface area (TPSA) is 84.5 Å². The summed E-state index contributed by atoms with van der Waals surface area (Å²) in [7, 11) is -2.49. The molecule has 0 aliphatic heterocycles. The summed E-state index contributed by atoms with van der Waals surface area (Å²) in [5.74, 6) is -0.429. The van der Waals surface area contributed by atoms with Crippen molar-refractivity contribution in [3.63, 3.8) is 0 Å². The van der Waals surface area contributed by atoms with E-state index in [2.05, 4.69) is 10.0 Å². The van der Waals surface area contributed by atoms with Crippen LogP contribution < -0.4 is 10.0 Å². The minimum absolute atomic E-state index is 0.0239. The van der Waals surface area contributed by atoms with Gasteiger partial charge in [0.2, 0.25) is 15.9 Å². The molecule has 9 heteroatoms. The summed E-state index contributed by atoms with van der Waals surface area (Å²) in [4.78, 5) is 12.5. The number of ether oxygens (including phenoxy) is 1. The van der Waals surface area contributed by atoms with Crippen molar-refractivity contribution in [1.82, 2.24) is 10.0 Å². The first kappa shape index (κ1) is 22.6. The van der Waals surface area contributed by atoms with Crippen LogP contribution in [0.1, 0.15) is 12.0 Å². The number of rotatable bonds is 10. The Morgan fingerprint density at radius 1 is 1.14 bits per heavy atom. The number of methoxy groups -OCH3 is 1. The molecule has 0 aromatic heterocycles. The number of carbonyl (C=O) groups excluding carboxylic acids is 1. The summed E-state index contributed by atoms with van der Waals surface area (Å²) in [6.45, 7) is 0.866. The van der Waals surface area contributed by atoms with Crippen LogP contribution in [-0.2, 0) is 26.0 Å². The highest BCUT2D eigenvalue weighted by Crippen LogP contribution is 2.25. The van der Waals surface area contributed by atoms with Crippen molar-refractivity contribution < 1.29 is 17.9 Å². The fraction of sp³-hybridized carbons (Fsp3) is 0.316. The van der Waals surface area contributed by atoms with E-state index < -0.39 is 22.0 Å². The number of benzene rings is 2. The lowest BCUT2D eigenvalue weighted by Gasteiger charge is -2.19. The molecule has 0 fully saturated rings. The summed E-state index contributed by atoms with van der Waals surface area (Å²) < 4.78 is 33.1. The van der Waals surface area contributed by atoms with Gasteiger partial charge in [-0.1, -0.05) is 53.5 Å². The van der Waals surface area contributed by atoms with E-state index in [9.17, 15) is 13.2 Å². The smallest absolute Gasteiger partial charge is 0.242 e. The summed E-state index contributed by atoms with van der Waals surface area (Å²) in [5, 5.41) is 2.99. The predicted octanol–water partition coefficient (Wildman–Crippen LogP) is 3.04. The fourth-order valence-electron chi connectivity index (χ4n) is 2.52. The minimum atomic E-state index is -4.06. The lowest BCUT2D eigenvalue weighted by molar-refractivity contribution is -0.122. The first-order valence-corrected chi connectivity index (χ1v) is 10.9. The highest BCUT2D eigenvalue weighted by Gasteiger charge is 2.27. The van der Waals surface area contributed by atoms with Crippen molar-refractivity contribution in [2.45, 2.75) is 23.8 Å². The van der Waals surface area contributed by atoms with Gasteiger partial charge in [0.15, 0.2) is 0 Å². The molecule has 0 unspecified atom stereocenters. The first-order valence-electron chi connectivity index (χ1n) is 8.61. The molecule has 2 aromatic rings. The third kappa shape index (κ3) is 6.76. The van der Waals surface area contributed by atoms with Gasteiger partial charge in [-0.25, -0.2) is 8.42 Å². The highest BCUT2D eigenvalue weighted by atomic mass is 35.5. The van der Waals surface area contributed by atoms with E-state index in [1.54, 1.807) is 7.11 Å². The van der Waals surface area contributed by atoms with Gasteiger partial charge in [0, 0.05) is 25.3 Å². The number of nitrogens with one attached hydrogen (secondary N) is 2. The summed E-state index contributed by atoms with van der Waals surface area (Å²) in [6, 6.07) is 12.3. The van der Waals surface area contributed by atoms with Gasteiger partial charge in [-0.2, -0.15) is 4.72 Å². The van der Waals surface area contributed by atoms with Gasteiger partial charge < -0.3 is 10.1 Å². The summed E-state index contributed by atoms with van der Waals surface area (Å²) in [5.41, 5.74) is 0.819. The zero-order valence-electron chi connectivity index (χ0n) is 15.3. The molecule has 0 saturated heterocycles. The van der Waals surface area contributed by atoms with Crippen molar-refractivity contribution >= 4 is 39.1 Å². The van der Waals surface area contributed by atoms with E-state index in [0.29, 0.717) is 19.6 Å². The Morgan fingerprint density at radius 2 is 1.86 bits per heavy atom. The largest absolute Gasteiger partial charge is 0.385 e. The number of hydrogen-bond acceptors (Lipinski definition) is 4. The SMILES string of the molecule is COCCCNC(=O)[C@H](Cc1ccccc1)NS(=O)(=O)c1cc(Cl)ccc1Cl.